The second-order valence-corrected chi connectivity index (χ2v) is 8.12. The minimum Gasteiger partial charge on any atom is -0.392 e. The summed E-state index contributed by atoms with van der Waals surface area (Å²) in [6.07, 6.45) is -1.75. The summed E-state index contributed by atoms with van der Waals surface area (Å²) in [6, 6.07) is 5.69. The van der Waals surface area contributed by atoms with Crippen molar-refractivity contribution in [2.45, 2.75) is 38.2 Å². The first-order chi connectivity index (χ1) is 12.7. The van der Waals surface area contributed by atoms with Crippen LogP contribution in [0.5, 0.6) is 0 Å². The van der Waals surface area contributed by atoms with E-state index >= 15 is 0 Å². The third-order valence-electron chi connectivity index (χ3n) is 4.48. The number of halogens is 3. The summed E-state index contributed by atoms with van der Waals surface area (Å²) < 4.78 is 56.7. The van der Waals surface area contributed by atoms with Crippen molar-refractivity contribution in [3.05, 3.63) is 52.3 Å². The monoisotopic (exact) mass is 402 g/mol. The lowest BCUT2D eigenvalue weighted by atomic mass is 10.1. The first-order valence-corrected chi connectivity index (χ1v) is 9.51. The Labute approximate surface area is 157 Å². The summed E-state index contributed by atoms with van der Waals surface area (Å²) in [5, 5.41) is 12.7. The van der Waals surface area contributed by atoms with Crippen LogP contribution in [0.1, 0.15) is 40.4 Å². The molecule has 0 aliphatic heterocycles. The predicted molar refractivity (Wildman–Crippen MR) is 94.7 cm³/mol. The minimum absolute atomic E-state index is 0.0141. The first-order valence-electron chi connectivity index (χ1n) is 8.40. The fraction of sp³-hybridized carbons (Fsp3) is 0.471. The molecule has 0 radical (unpaired) electrons. The average molecular weight is 402 g/mol. The number of rotatable bonds is 6. The third kappa shape index (κ3) is 4.40. The number of nitrogens with one attached hydrogen (secondary N) is 1. The Bertz CT molecular complexity index is 851. The van der Waals surface area contributed by atoms with Gasteiger partial charge in [0.25, 0.3) is 0 Å². The van der Waals surface area contributed by atoms with E-state index in [-0.39, 0.29) is 18.2 Å². The maximum absolute atomic E-state index is 12.9. The van der Waals surface area contributed by atoms with Crippen LogP contribution in [0.15, 0.2) is 24.4 Å². The summed E-state index contributed by atoms with van der Waals surface area (Å²) in [5.41, 5.74) is 1.68. The molecule has 1 aromatic carbocycles. The summed E-state index contributed by atoms with van der Waals surface area (Å²) in [6.45, 7) is -0.534. The molecular weight excluding hydrogens is 381 g/mol. The Kier molecular flexibility index (Phi) is 5.71. The van der Waals surface area contributed by atoms with Crippen LogP contribution in [-0.2, 0) is 36.9 Å². The largest absolute Gasteiger partial charge is 0.435 e. The average Bonchev–Trinajstić information content (AvgIpc) is 3.18. The number of hydrogen-bond acceptors (Lipinski definition) is 3. The minimum atomic E-state index is -4.60. The van der Waals surface area contributed by atoms with Crippen molar-refractivity contribution in [3.63, 3.8) is 0 Å². The lowest BCUT2D eigenvalue weighted by molar-refractivity contribution is -0.142. The highest BCUT2D eigenvalue weighted by Gasteiger charge is 2.37. The second kappa shape index (κ2) is 7.70. The lowest BCUT2D eigenvalue weighted by Crippen LogP contribution is -2.31. The van der Waals surface area contributed by atoms with Crippen LogP contribution < -0.4 is 4.72 Å². The van der Waals surface area contributed by atoms with Gasteiger partial charge in [-0.05, 0) is 29.5 Å². The fourth-order valence-electron chi connectivity index (χ4n) is 3.20. The number of aryl methyl sites for hydroxylation is 1. The van der Waals surface area contributed by atoms with Crippen molar-refractivity contribution >= 4 is 11.2 Å². The van der Waals surface area contributed by atoms with Gasteiger partial charge in [0, 0.05) is 31.9 Å². The van der Waals surface area contributed by atoms with Crippen LogP contribution in [0, 0.1) is 0 Å². The zero-order valence-electron chi connectivity index (χ0n) is 15.0. The molecule has 0 fully saturated rings. The van der Waals surface area contributed by atoms with Crippen molar-refractivity contribution in [2.24, 2.45) is 0 Å². The van der Waals surface area contributed by atoms with Gasteiger partial charge < -0.3 is 5.11 Å². The Balaban J connectivity index is 1.77. The fourth-order valence-corrected chi connectivity index (χ4v) is 3.90. The van der Waals surface area contributed by atoms with Crippen LogP contribution in [-0.4, -0.2) is 37.5 Å². The van der Waals surface area contributed by atoms with Crippen LogP contribution in [0.4, 0.5) is 13.2 Å². The van der Waals surface area contributed by atoms with Gasteiger partial charge in [-0.15, -0.1) is 0 Å². The maximum Gasteiger partial charge on any atom is 0.435 e. The molecule has 1 aliphatic rings. The Morgan fingerprint density at radius 3 is 2.74 bits per heavy atom. The van der Waals surface area contributed by atoms with Gasteiger partial charge in [-0.25, -0.2) is 13.2 Å². The molecule has 0 amide bonds. The topological polar surface area (TPSA) is 70.4 Å². The Morgan fingerprint density at radius 2 is 2.15 bits per heavy atom. The molecule has 10 heteroatoms. The highest BCUT2D eigenvalue weighted by Crippen LogP contribution is 2.33. The third-order valence-corrected chi connectivity index (χ3v) is 5.63. The van der Waals surface area contributed by atoms with E-state index in [1.165, 1.54) is 10.9 Å². The van der Waals surface area contributed by atoms with Crippen molar-refractivity contribution in [1.29, 1.82) is 0 Å². The first kappa shape index (κ1) is 20.0. The number of aliphatic hydroxyl groups excluding tert-OH is 1. The van der Waals surface area contributed by atoms with Gasteiger partial charge in [-0.1, -0.05) is 18.2 Å². The van der Waals surface area contributed by atoms with E-state index in [2.05, 4.69) is 9.82 Å². The van der Waals surface area contributed by atoms with Crippen molar-refractivity contribution in [3.8, 4) is 0 Å². The molecule has 27 heavy (non-hydrogen) atoms. The van der Waals surface area contributed by atoms with Gasteiger partial charge in [0.2, 0.25) is 0 Å². The molecule has 0 saturated carbocycles. The molecule has 0 spiro atoms. The van der Waals surface area contributed by atoms with E-state index in [4.69, 9.17) is 5.11 Å². The summed E-state index contributed by atoms with van der Waals surface area (Å²) >= 11 is -1.28. The lowest BCUT2D eigenvalue weighted by Gasteiger charge is -2.17. The summed E-state index contributed by atoms with van der Waals surface area (Å²) in [5.74, 6) is 0. The highest BCUT2D eigenvalue weighted by atomic mass is 32.2. The molecule has 0 saturated heterocycles. The van der Waals surface area contributed by atoms with Crippen LogP contribution in [0.2, 0.25) is 0 Å². The maximum atomic E-state index is 12.9. The van der Waals surface area contributed by atoms with E-state index < -0.39 is 29.6 Å². The standard InChI is InChI=1S/C17H21F3N4O2S/c1-23(2)27(26)22-15-6-4-12-7-11(3-5-14(12)15)8-24-9-13(10-25)16(21-24)17(18,19)20/h3,5,7,9,15,22,25H,4,6,8,10H2,1-2H3. The van der Waals surface area contributed by atoms with E-state index in [1.54, 1.807) is 18.4 Å². The van der Waals surface area contributed by atoms with Gasteiger partial charge in [-0.2, -0.15) is 18.3 Å². The van der Waals surface area contributed by atoms with E-state index in [9.17, 15) is 17.4 Å². The smallest absolute Gasteiger partial charge is 0.392 e. The number of alkyl halides is 3. The summed E-state index contributed by atoms with van der Waals surface area (Å²) in [4.78, 5) is 0. The molecule has 1 heterocycles. The van der Waals surface area contributed by atoms with E-state index in [0.29, 0.717) is 0 Å². The van der Waals surface area contributed by atoms with Crippen molar-refractivity contribution < 1.29 is 22.5 Å². The predicted octanol–water partition coefficient (Wildman–Crippen LogP) is 2.16. The zero-order chi connectivity index (χ0) is 19.8. The molecule has 6 nitrogen and oxygen atoms in total. The molecule has 2 aromatic rings. The van der Waals surface area contributed by atoms with E-state index in [1.807, 2.05) is 18.2 Å². The second-order valence-electron chi connectivity index (χ2n) is 6.66. The van der Waals surface area contributed by atoms with Crippen molar-refractivity contribution in [2.75, 3.05) is 14.1 Å². The number of nitrogens with zero attached hydrogens (tertiary/aromatic N) is 3. The van der Waals surface area contributed by atoms with Gasteiger partial charge in [0.05, 0.1) is 13.2 Å². The number of aliphatic hydroxyl groups is 1. The van der Waals surface area contributed by atoms with Crippen LogP contribution in [0.25, 0.3) is 0 Å². The van der Waals surface area contributed by atoms with Gasteiger partial charge in [0.1, 0.15) is 0 Å². The van der Waals surface area contributed by atoms with E-state index in [0.717, 1.165) is 29.5 Å². The molecule has 148 valence electrons. The Morgan fingerprint density at radius 1 is 1.41 bits per heavy atom. The number of fused-ring (bicyclic) bond motifs is 1. The molecule has 2 atom stereocenters. The molecule has 2 unspecified atom stereocenters. The van der Waals surface area contributed by atoms with Gasteiger partial charge in [-0.3, -0.25) is 4.68 Å². The quantitative estimate of drug-likeness (QED) is 0.778. The molecule has 0 bridgehead atoms. The van der Waals surface area contributed by atoms with Crippen LogP contribution in [0.3, 0.4) is 0 Å². The highest BCUT2D eigenvalue weighted by molar-refractivity contribution is 7.80. The number of benzene rings is 1. The molecule has 1 aromatic heterocycles. The zero-order valence-corrected chi connectivity index (χ0v) is 15.8. The molecule has 3 rings (SSSR count). The van der Waals surface area contributed by atoms with Crippen molar-refractivity contribution in [1.82, 2.24) is 18.8 Å². The molecule has 1 aliphatic carbocycles. The van der Waals surface area contributed by atoms with Crippen LogP contribution >= 0.6 is 0 Å². The van der Waals surface area contributed by atoms with Gasteiger partial charge >= 0.3 is 6.18 Å². The normalized spacial score (nSPS) is 18.1. The number of hydrogen-bond donors (Lipinski definition) is 2. The summed E-state index contributed by atoms with van der Waals surface area (Å²) in [7, 11) is 3.45. The molecular formula is C17H21F3N4O2S. The molecule has 2 N–H and O–H groups in total. The van der Waals surface area contributed by atoms with Gasteiger partial charge in [0.15, 0.2) is 16.9 Å². The SMILES string of the molecule is CN(C)S(=O)NC1CCc2cc(Cn3cc(CO)c(C(F)(F)F)n3)ccc21. The Hall–Kier alpha value is -1.75. The number of aromatic nitrogens is 2.